The average Bonchev–Trinajstić information content (AvgIpc) is 2.99. The van der Waals surface area contributed by atoms with Gasteiger partial charge in [0.1, 0.15) is 11.6 Å². The smallest absolute Gasteiger partial charge is 0.258 e. The Morgan fingerprint density at radius 2 is 2.04 bits per heavy atom. The van der Waals surface area contributed by atoms with Gasteiger partial charge in [-0.15, -0.1) is 0 Å². The first-order valence-electron chi connectivity index (χ1n) is 7.06. The molecule has 1 aromatic heterocycles. The molecular formula is C17H12BrClFN3O. The third-order valence-electron chi connectivity index (χ3n) is 3.41. The largest absolute Gasteiger partial charge is 0.307 e. The quantitative estimate of drug-likeness (QED) is 0.678. The number of halogens is 3. The Kier molecular flexibility index (Phi) is 4.97. The summed E-state index contributed by atoms with van der Waals surface area (Å²) in [4.78, 5) is 12.4. The number of nitrogens with one attached hydrogen (secondary N) is 1. The van der Waals surface area contributed by atoms with E-state index in [-0.39, 0.29) is 5.56 Å². The predicted molar refractivity (Wildman–Crippen MR) is 94.8 cm³/mol. The number of aromatic nitrogens is 2. The molecule has 1 N–H and O–H groups in total. The van der Waals surface area contributed by atoms with Gasteiger partial charge in [0.2, 0.25) is 0 Å². The summed E-state index contributed by atoms with van der Waals surface area (Å²) in [5.74, 6) is -0.411. The van der Waals surface area contributed by atoms with Crippen molar-refractivity contribution in [3.8, 4) is 0 Å². The van der Waals surface area contributed by atoms with Gasteiger partial charge in [-0.05, 0) is 45.8 Å². The van der Waals surface area contributed by atoms with E-state index in [0.717, 1.165) is 5.56 Å². The molecule has 0 bridgehead atoms. The van der Waals surface area contributed by atoms with Gasteiger partial charge in [-0.1, -0.05) is 29.8 Å². The van der Waals surface area contributed by atoms with Crippen molar-refractivity contribution in [2.75, 3.05) is 5.32 Å². The molecule has 0 spiro atoms. The molecular weight excluding hydrogens is 397 g/mol. The van der Waals surface area contributed by atoms with Gasteiger partial charge in [0.15, 0.2) is 0 Å². The van der Waals surface area contributed by atoms with E-state index in [1.165, 1.54) is 18.2 Å². The topological polar surface area (TPSA) is 46.9 Å². The van der Waals surface area contributed by atoms with E-state index in [1.807, 2.05) is 18.2 Å². The van der Waals surface area contributed by atoms with E-state index in [9.17, 15) is 9.18 Å². The highest BCUT2D eigenvalue weighted by atomic mass is 79.9. The molecule has 24 heavy (non-hydrogen) atoms. The molecule has 4 nitrogen and oxygen atoms in total. The van der Waals surface area contributed by atoms with Crippen LogP contribution in [0.4, 0.5) is 10.2 Å². The lowest BCUT2D eigenvalue weighted by Crippen LogP contribution is -2.17. The van der Waals surface area contributed by atoms with Crippen LogP contribution in [0.5, 0.6) is 0 Å². The predicted octanol–water partition coefficient (Wildman–Crippen LogP) is 4.74. The van der Waals surface area contributed by atoms with E-state index in [4.69, 9.17) is 11.6 Å². The van der Waals surface area contributed by atoms with Gasteiger partial charge in [-0.2, -0.15) is 5.10 Å². The van der Waals surface area contributed by atoms with Gasteiger partial charge in [-0.3, -0.25) is 4.79 Å². The first kappa shape index (κ1) is 16.7. The highest BCUT2D eigenvalue weighted by molar-refractivity contribution is 9.10. The second kappa shape index (κ2) is 7.15. The zero-order chi connectivity index (χ0) is 17.1. The number of carbonyl (C=O) groups is 1. The van der Waals surface area contributed by atoms with Crippen LogP contribution in [0.15, 0.2) is 59.2 Å². The number of carbonyl (C=O) groups excluding carboxylic acids is 1. The van der Waals surface area contributed by atoms with Crippen molar-refractivity contribution in [3.05, 3.63) is 81.2 Å². The summed E-state index contributed by atoms with van der Waals surface area (Å²) in [6.45, 7) is 0.409. The van der Waals surface area contributed by atoms with Crippen molar-refractivity contribution >= 4 is 39.3 Å². The maximum atomic E-state index is 13.4. The highest BCUT2D eigenvalue weighted by Crippen LogP contribution is 2.21. The van der Waals surface area contributed by atoms with Crippen LogP contribution in [0.25, 0.3) is 0 Å². The lowest BCUT2D eigenvalue weighted by Gasteiger charge is -2.11. The van der Waals surface area contributed by atoms with Gasteiger partial charge in [0.05, 0.1) is 18.3 Å². The molecule has 0 aliphatic carbocycles. The van der Waals surface area contributed by atoms with Crippen LogP contribution in [-0.2, 0) is 6.54 Å². The Morgan fingerprint density at radius 1 is 1.25 bits per heavy atom. The van der Waals surface area contributed by atoms with Crippen LogP contribution >= 0.6 is 27.5 Å². The fourth-order valence-corrected chi connectivity index (χ4v) is 2.83. The summed E-state index contributed by atoms with van der Waals surface area (Å²) < 4.78 is 15.5. The molecule has 3 rings (SSSR count). The van der Waals surface area contributed by atoms with E-state index in [2.05, 4.69) is 26.3 Å². The zero-order valence-electron chi connectivity index (χ0n) is 12.3. The molecule has 0 aliphatic rings. The summed E-state index contributed by atoms with van der Waals surface area (Å²) in [5, 5.41) is 7.56. The van der Waals surface area contributed by atoms with Gasteiger partial charge < -0.3 is 5.32 Å². The molecule has 1 amide bonds. The van der Waals surface area contributed by atoms with Crippen molar-refractivity contribution in [1.29, 1.82) is 0 Å². The number of benzene rings is 2. The monoisotopic (exact) mass is 407 g/mol. The number of hydrogen-bond acceptors (Lipinski definition) is 2. The van der Waals surface area contributed by atoms with Gasteiger partial charge in [0, 0.05) is 15.6 Å². The summed E-state index contributed by atoms with van der Waals surface area (Å²) in [6, 6.07) is 13.0. The number of anilines is 1. The summed E-state index contributed by atoms with van der Waals surface area (Å²) >= 11 is 9.41. The molecule has 0 fully saturated rings. The summed E-state index contributed by atoms with van der Waals surface area (Å²) in [7, 11) is 0. The molecule has 0 saturated heterocycles. The highest BCUT2D eigenvalue weighted by Gasteiger charge is 2.14. The standard InChI is InChI=1S/C17H12BrClFN3O/c18-14-6-5-12(20)9-13(14)17(24)22-16-7-8-21-23(16)10-11-3-1-2-4-15(11)19/h1-9H,10H2,(H,22,24). The van der Waals surface area contributed by atoms with E-state index < -0.39 is 11.7 Å². The Balaban J connectivity index is 1.82. The van der Waals surface area contributed by atoms with Gasteiger partial charge in [0.25, 0.3) is 5.91 Å². The maximum Gasteiger partial charge on any atom is 0.258 e. The zero-order valence-corrected chi connectivity index (χ0v) is 14.7. The van der Waals surface area contributed by atoms with E-state index >= 15 is 0 Å². The Morgan fingerprint density at radius 3 is 2.83 bits per heavy atom. The molecule has 0 unspecified atom stereocenters. The van der Waals surface area contributed by atoms with Crippen LogP contribution in [0.1, 0.15) is 15.9 Å². The minimum atomic E-state index is -0.479. The molecule has 122 valence electrons. The van der Waals surface area contributed by atoms with Crippen molar-refractivity contribution in [2.45, 2.75) is 6.54 Å². The third kappa shape index (κ3) is 3.66. The maximum absolute atomic E-state index is 13.4. The van der Waals surface area contributed by atoms with Crippen molar-refractivity contribution in [1.82, 2.24) is 9.78 Å². The molecule has 0 atom stereocenters. The number of amides is 1. The second-order valence-corrected chi connectivity index (χ2v) is 6.31. The molecule has 0 saturated carbocycles. The van der Waals surface area contributed by atoms with Crippen molar-refractivity contribution in [2.24, 2.45) is 0 Å². The van der Waals surface area contributed by atoms with Crippen LogP contribution in [0.2, 0.25) is 5.02 Å². The van der Waals surface area contributed by atoms with Crippen LogP contribution < -0.4 is 5.32 Å². The van der Waals surface area contributed by atoms with Gasteiger partial charge in [-0.25, -0.2) is 9.07 Å². The second-order valence-electron chi connectivity index (χ2n) is 5.04. The number of rotatable bonds is 4. The summed E-state index contributed by atoms with van der Waals surface area (Å²) in [6.07, 6.45) is 1.58. The van der Waals surface area contributed by atoms with Crippen molar-refractivity contribution < 1.29 is 9.18 Å². The molecule has 3 aromatic rings. The molecule has 7 heteroatoms. The third-order valence-corrected chi connectivity index (χ3v) is 4.47. The molecule has 2 aromatic carbocycles. The minimum absolute atomic E-state index is 0.209. The lowest BCUT2D eigenvalue weighted by molar-refractivity contribution is 0.102. The first-order valence-corrected chi connectivity index (χ1v) is 8.23. The fraction of sp³-hybridized carbons (Fsp3) is 0.0588. The lowest BCUT2D eigenvalue weighted by atomic mass is 10.2. The molecule has 1 heterocycles. The van der Waals surface area contributed by atoms with Crippen LogP contribution in [0, 0.1) is 5.82 Å². The SMILES string of the molecule is O=C(Nc1ccnn1Cc1ccccc1Cl)c1cc(F)ccc1Br. The molecule has 0 aliphatic heterocycles. The van der Waals surface area contributed by atoms with Gasteiger partial charge >= 0.3 is 0 Å². The Labute approximate surface area is 151 Å². The fourth-order valence-electron chi connectivity index (χ4n) is 2.21. The van der Waals surface area contributed by atoms with Crippen LogP contribution in [-0.4, -0.2) is 15.7 Å². The number of hydrogen-bond donors (Lipinski definition) is 1. The number of nitrogens with zero attached hydrogens (tertiary/aromatic N) is 2. The molecule has 0 radical (unpaired) electrons. The normalized spacial score (nSPS) is 10.6. The minimum Gasteiger partial charge on any atom is -0.307 e. The van der Waals surface area contributed by atoms with Crippen molar-refractivity contribution in [3.63, 3.8) is 0 Å². The van der Waals surface area contributed by atoms with E-state index in [1.54, 1.807) is 23.0 Å². The Bertz CT molecular complexity index is 897. The average molecular weight is 409 g/mol. The van der Waals surface area contributed by atoms with E-state index in [0.29, 0.717) is 21.9 Å². The van der Waals surface area contributed by atoms with Crippen LogP contribution in [0.3, 0.4) is 0 Å². The first-order chi connectivity index (χ1) is 11.5. The summed E-state index contributed by atoms with van der Waals surface area (Å²) in [5.41, 5.74) is 1.09. The Hall–Kier alpha value is -2.18.